The van der Waals surface area contributed by atoms with Crippen LogP contribution in [-0.4, -0.2) is 23.3 Å². The Kier molecular flexibility index (Phi) is 4.16. The van der Waals surface area contributed by atoms with E-state index >= 15 is 0 Å². The number of hydrogen-bond acceptors (Lipinski definition) is 2. The van der Waals surface area contributed by atoms with E-state index in [1.807, 2.05) is 0 Å². The van der Waals surface area contributed by atoms with Gasteiger partial charge in [0.05, 0.1) is 6.04 Å². The highest BCUT2D eigenvalue weighted by Crippen LogP contribution is 2.32. The van der Waals surface area contributed by atoms with Crippen molar-refractivity contribution in [1.29, 1.82) is 0 Å². The van der Waals surface area contributed by atoms with E-state index in [1.165, 1.54) is 11.1 Å². The minimum atomic E-state index is 0.232. The van der Waals surface area contributed by atoms with Gasteiger partial charge < -0.3 is 0 Å². The Morgan fingerprint density at radius 1 is 0.952 bits per heavy atom. The molecular weight excluding hydrogens is 258 g/mol. The number of likely N-dealkylation sites (tertiary alicyclic amines) is 1. The highest BCUT2D eigenvalue weighted by molar-refractivity contribution is 5.80. The van der Waals surface area contributed by atoms with Crippen LogP contribution in [-0.2, 0) is 4.79 Å². The Hall–Kier alpha value is -1.93. The van der Waals surface area contributed by atoms with Gasteiger partial charge in [0.25, 0.3) is 0 Å². The molecule has 2 heteroatoms. The Bertz CT molecular complexity index is 554. The molecule has 0 bridgehead atoms. The first-order valence-electron chi connectivity index (χ1n) is 7.63. The van der Waals surface area contributed by atoms with Crippen LogP contribution in [0.5, 0.6) is 0 Å². The lowest BCUT2D eigenvalue weighted by Gasteiger charge is -2.39. The van der Waals surface area contributed by atoms with Crippen LogP contribution < -0.4 is 0 Å². The van der Waals surface area contributed by atoms with Gasteiger partial charge in [-0.25, -0.2) is 0 Å². The summed E-state index contributed by atoms with van der Waals surface area (Å²) < 4.78 is 0. The molecule has 0 aliphatic carbocycles. The Labute approximate surface area is 126 Å². The molecule has 0 aromatic heterocycles. The number of nitrogens with zero attached hydrogens (tertiary/aromatic N) is 1. The molecule has 108 valence electrons. The van der Waals surface area contributed by atoms with Gasteiger partial charge in [-0.2, -0.15) is 0 Å². The standard InChI is InChI=1S/C19H21NO/c1-15-14-18(21)12-13-20(15)19(16-8-4-2-5-9-16)17-10-6-3-7-11-17/h2-11,15,19H,12-14H2,1H3. The SMILES string of the molecule is CC1CC(=O)CCN1C(c1ccccc1)c1ccccc1. The summed E-state index contributed by atoms with van der Waals surface area (Å²) in [5.74, 6) is 0.388. The van der Waals surface area contributed by atoms with E-state index in [-0.39, 0.29) is 12.1 Å². The van der Waals surface area contributed by atoms with Crippen LogP contribution in [0.3, 0.4) is 0 Å². The molecule has 0 radical (unpaired) electrons. The monoisotopic (exact) mass is 279 g/mol. The second-order valence-corrected chi connectivity index (χ2v) is 5.80. The minimum Gasteiger partial charge on any atom is -0.300 e. The van der Waals surface area contributed by atoms with Gasteiger partial charge in [0.1, 0.15) is 5.78 Å². The molecule has 2 aromatic rings. The first kappa shape index (κ1) is 14.0. The molecule has 1 atom stereocenters. The maximum Gasteiger partial charge on any atom is 0.135 e. The van der Waals surface area contributed by atoms with E-state index < -0.39 is 0 Å². The van der Waals surface area contributed by atoms with E-state index in [1.54, 1.807) is 0 Å². The van der Waals surface area contributed by atoms with Crippen LogP contribution >= 0.6 is 0 Å². The van der Waals surface area contributed by atoms with Crippen LogP contribution in [0.1, 0.15) is 36.9 Å². The number of Topliss-reactive ketones (excluding diaryl/α,β-unsaturated/α-hetero) is 1. The third-order valence-electron chi connectivity index (χ3n) is 4.30. The number of rotatable bonds is 3. The van der Waals surface area contributed by atoms with Gasteiger partial charge in [0.2, 0.25) is 0 Å². The Balaban J connectivity index is 1.99. The molecule has 21 heavy (non-hydrogen) atoms. The molecule has 3 rings (SSSR count). The molecule has 1 aliphatic rings. The first-order chi connectivity index (χ1) is 10.3. The fourth-order valence-corrected chi connectivity index (χ4v) is 3.25. The molecule has 1 aliphatic heterocycles. The lowest BCUT2D eigenvalue weighted by Crippen LogP contribution is -2.43. The zero-order valence-corrected chi connectivity index (χ0v) is 12.4. The average Bonchev–Trinajstić information content (AvgIpc) is 2.52. The fourth-order valence-electron chi connectivity index (χ4n) is 3.25. The zero-order chi connectivity index (χ0) is 14.7. The molecule has 2 aromatic carbocycles. The predicted octanol–water partition coefficient (Wildman–Crippen LogP) is 3.83. The molecule has 1 unspecified atom stereocenters. The molecule has 0 amide bonds. The van der Waals surface area contributed by atoms with Crippen LogP contribution in [0.15, 0.2) is 60.7 Å². The van der Waals surface area contributed by atoms with E-state index in [0.717, 1.165) is 6.54 Å². The maximum absolute atomic E-state index is 11.7. The van der Waals surface area contributed by atoms with Gasteiger partial charge in [-0.3, -0.25) is 9.69 Å². The number of carbonyl (C=O) groups is 1. The summed E-state index contributed by atoms with van der Waals surface area (Å²) in [6.45, 7) is 3.00. The summed E-state index contributed by atoms with van der Waals surface area (Å²) in [5.41, 5.74) is 2.59. The van der Waals surface area contributed by atoms with Gasteiger partial charge in [0.15, 0.2) is 0 Å². The van der Waals surface area contributed by atoms with Crippen LogP contribution in [0.4, 0.5) is 0 Å². The summed E-state index contributed by atoms with van der Waals surface area (Å²) in [6, 6.07) is 21.7. The molecule has 2 nitrogen and oxygen atoms in total. The van der Waals surface area contributed by atoms with Gasteiger partial charge in [0, 0.05) is 25.4 Å². The van der Waals surface area contributed by atoms with Crippen molar-refractivity contribution in [3.63, 3.8) is 0 Å². The quantitative estimate of drug-likeness (QED) is 0.851. The predicted molar refractivity (Wildman–Crippen MR) is 85.1 cm³/mol. The van der Waals surface area contributed by atoms with Gasteiger partial charge >= 0.3 is 0 Å². The van der Waals surface area contributed by atoms with Gasteiger partial charge in [-0.05, 0) is 18.1 Å². The Morgan fingerprint density at radius 3 is 1.95 bits per heavy atom. The summed E-state index contributed by atoms with van der Waals surface area (Å²) in [6.07, 6.45) is 1.33. The van der Waals surface area contributed by atoms with Crippen molar-refractivity contribution in [1.82, 2.24) is 4.90 Å². The highest BCUT2D eigenvalue weighted by atomic mass is 16.1. The van der Waals surface area contributed by atoms with Crippen molar-refractivity contribution in [2.45, 2.75) is 31.8 Å². The van der Waals surface area contributed by atoms with E-state index in [0.29, 0.717) is 18.6 Å². The second-order valence-electron chi connectivity index (χ2n) is 5.80. The molecule has 0 spiro atoms. The summed E-state index contributed by atoms with van der Waals surface area (Å²) in [4.78, 5) is 14.2. The van der Waals surface area contributed by atoms with Crippen molar-refractivity contribution in [3.8, 4) is 0 Å². The van der Waals surface area contributed by atoms with Crippen LogP contribution in [0.25, 0.3) is 0 Å². The highest BCUT2D eigenvalue weighted by Gasteiger charge is 2.31. The molecule has 1 heterocycles. The number of carbonyl (C=O) groups excluding carboxylic acids is 1. The third kappa shape index (κ3) is 3.06. The first-order valence-corrected chi connectivity index (χ1v) is 7.63. The number of ketones is 1. The Morgan fingerprint density at radius 2 is 1.48 bits per heavy atom. The maximum atomic E-state index is 11.7. The van der Waals surface area contributed by atoms with Crippen molar-refractivity contribution in [3.05, 3.63) is 71.8 Å². The summed E-state index contributed by atoms with van der Waals surface area (Å²) >= 11 is 0. The smallest absolute Gasteiger partial charge is 0.135 e. The van der Waals surface area contributed by atoms with E-state index in [2.05, 4.69) is 72.5 Å². The van der Waals surface area contributed by atoms with Gasteiger partial charge in [-0.15, -0.1) is 0 Å². The fraction of sp³-hybridized carbons (Fsp3) is 0.316. The summed E-state index contributed by atoms with van der Waals surface area (Å²) in [5, 5.41) is 0. The number of piperidine rings is 1. The summed E-state index contributed by atoms with van der Waals surface area (Å²) in [7, 11) is 0. The topological polar surface area (TPSA) is 20.3 Å². The third-order valence-corrected chi connectivity index (χ3v) is 4.30. The zero-order valence-electron chi connectivity index (χ0n) is 12.4. The lowest BCUT2D eigenvalue weighted by atomic mass is 9.92. The van der Waals surface area contributed by atoms with E-state index in [4.69, 9.17) is 0 Å². The van der Waals surface area contributed by atoms with E-state index in [9.17, 15) is 4.79 Å². The van der Waals surface area contributed by atoms with Crippen molar-refractivity contribution in [2.24, 2.45) is 0 Å². The van der Waals surface area contributed by atoms with Crippen molar-refractivity contribution in [2.75, 3.05) is 6.54 Å². The van der Waals surface area contributed by atoms with Crippen LogP contribution in [0.2, 0.25) is 0 Å². The molecule has 1 saturated heterocycles. The van der Waals surface area contributed by atoms with Crippen LogP contribution in [0, 0.1) is 0 Å². The second kappa shape index (κ2) is 6.23. The number of benzene rings is 2. The lowest BCUT2D eigenvalue weighted by molar-refractivity contribution is -0.123. The van der Waals surface area contributed by atoms with Crippen molar-refractivity contribution >= 4 is 5.78 Å². The largest absolute Gasteiger partial charge is 0.300 e. The minimum absolute atomic E-state index is 0.232. The van der Waals surface area contributed by atoms with Gasteiger partial charge in [-0.1, -0.05) is 60.7 Å². The average molecular weight is 279 g/mol. The molecule has 1 fully saturated rings. The molecular formula is C19H21NO. The molecule has 0 saturated carbocycles. The number of hydrogen-bond donors (Lipinski definition) is 0. The van der Waals surface area contributed by atoms with Crippen molar-refractivity contribution < 1.29 is 4.79 Å². The normalized spacial score (nSPS) is 19.9. The molecule has 0 N–H and O–H groups in total.